The number of carbonyl (C=O) groups is 2. The number of allylic oxidation sites excluding steroid dienone is 1. The number of nitrogens with one attached hydrogen (secondary N) is 3. The van der Waals surface area contributed by atoms with Gasteiger partial charge in [-0.3, -0.25) is 4.79 Å². The summed E-state index contributed by atoms with van der Waals surface area (Å²) in [7, 11) is 0. The summed E-state index contributed by atoms with van der Waals surface area (Å²) in [4.78, 5) is 21.8. The van der Waals surface area contributed by atoms with Crippen LogP contribution in [0.3, 0.4) is 0 Å². The zero-order chi connectivity index (χ0) is 24.6. The first-order chi connectivity index (χ1) is 16.2. The summed E-state index contributed by atoms with van der Waals surface area (Å²) in [5.41, 5.74) is 9.26. The molecule has 0 spiro atoms. The van der Waals surface area contributed by atoms with Gasteiger partial charge in [-0.25, -0.2) is 5.43 Å². The number of hydrazine groups is 1. The van der Waals surface area contributed by atoms with Crippen LogP contribution in [0.2, 0.25) is 0 Å². The number of hydrogen-bond donors (Lipinski definition) is 3. The topological polar surface area (TPSA) is 79.5 Å². The van der Waals surface area contributed by atoms with Crippen LogP contribution in [0.4, 0.5) is 0 Å². The van der Waals surface area contributed by atoms with Crippen molar-refractivity contribution in [2.45, 2.75) is 72.3 Å². The van der Waals surface area contributed by atoms with Gasteiger partial charge in [-0.05, 0) is 43.9 Å². The molecule has 0 aromatic heterocycles. The lowest BCUT2D eigenvalue weighted by atomic mass is 10.0. The molecule has 0 atom stereocenters. The molecule has 0 amide bonds. The third-order valence-corrected chi connectivity index (χ3v) is 4.60. The summed E-state index contributed by atoms with van der Waals surface area (Å²) in [6.45, 7) is 13.9. The molecule has 0 aliphatic rings. The van der Waals surface area contributed by atoms with Crippen molar-refractivity contribution in [3.05, 3.63) is 47.2 Å². The van der Waals surface area contributed by atoms with Gasteiger partial charge in [0.05, 0.1) is 0 Å². The number of carbonyl (C=O) groups excluding carboxylic acids is 2. The smallest absolute Gasteiger partial charge is 0.150 e. The Labute approximate surface area is 200 Å². The van der Waals surface area contributed by atoms with E-state index in [1.54, 1.807) is 6.07 Å². The lowest BCUT2D eigenvalue weighted by Crippen LogP contribution is -2.30. The molecule has 3 N–H and O–H groups in total. The summed E-state index contributed by atoms with van der Waals surface area (Å²) in [6, 6.07) is 5.56. The summed E-state index contributed by atoms with van der Waals surface area (Å²) < 4.78 is 5.54. The van der Waals surface area contributed by atoms with Crippen LogP contribution in [-0.2, 0) is 16.1 Å². The van der Waals surface area contributed by atoms with Crippen LogP contribution >= 0.6 is 0 Å². The number of benzene rings is 1. The van der Waals surface area contributed by atoms with Gasteiger partial charge in [0.25, 0.3) is 0 Å². The fourth-order valence-corrected chi connectivity index (χ4v) is 2.83. The van der Waals surface area contributed by atoms with Crippen LogP contribution in [0, 0.1) is 11.8 Å². The van der Waals surface area contributed by atoms with Gasteiger partial charge >= 0.3 is 0 Å². The molecule has 0 bridgehead atoms. The highest BCUT2D eigenvalue weighted by molar-refractivity contribution is 5.78. The normalized spacial score (nSPS) is 9.79. The van der Waals surface area contributed by atoms with Crippen molar-refractivity contribution in [1.82, 2.24) is 16.2 Å². The Balaban J connectivity index is 0.00000497. The second-order valence-electron chi connectivity index (χ2n) is 7.25. The second kappa shape index (κ2) is 22.7. The maximum atomic E-state index is 11.4. The van der Waals surface area contributed by atoms with Gasteiger partial charge in [-0.15, -0.1) is 0 Å². The number of unbranched alkanes of at least 4 members (excludes halogenated alkanes) is 2. The predicted octanol–water partition coefficient (Wildman–Crippen LogP) is 4.54. The molecular formula is C27H43N3O3. The van der Waals surface area contributed by atoms with Crippen LogP contribution in [0.1, 0.15) is 87.2 Å². The van der Waals surface area contributed by atoms with E-state index in [1.165, 1.54) is 6.42 Å². The first-order valence-corrected chi connectivity index (χ1v) is 12.2. The van der Waals surface area contributed by atoms with Crippen molar-refractivity contribution in [2.75, 3.05) is 26.3 Å². The van der Waals surface area contributed by atoms with Gasteiger partial charge < -0.3 is 20.3 Å². The van der Waals surface area contributed by atoms with E-state index in [1.807, 2.05) is 26.0 Å². The summed E-state index contributed by atoms with van der Waals surface area (Å²) >= 11 is 0. The standard InChI is InChI=1S/C25H37N3O3.C2H6/c1-3-4-18-31-19-10-16-26-15-7-5-12-23-13-9-14-24(21-30)25(23)20-27-28-22(2)11-6-8-17-29;1-2/h9,13-14,17,21,26-28H,2-4,6-8,10-11,15-16,18-20H2,1H3;1-2H3. The maximum Gasteiger partial charge on any atom is 0.150 e. The highest BCUT2D eigenvalue weighted by atomic mass is 16.5. The van der Waals surface area contributed by atoms with E-state index < -0.39 is 0 Å². The third kappa shape index (κ3) is 15.9. The van der Waals surface area contributed by atoms with Crippen molar-refractivity contribution in [3.63, 3.8) is 0 Å². The zero-order valence-electron chi connectivity index (χ0n) is 20.8. The molecule has 1 aromatic carbocycles. The molecule has 1 aromatic rings. The Bertz CT molecular complexity index is 723. The average Bonchev–Trinajstić information content (AvgIpc) is 2.84. The van der Waals surface area contributed by atoms with Gasteiger partial charge in [0.2, 0.25) is 0 Å². The summed E-state index contributed by atoms with van der Waals surface area (Å²) in [5.74, 6) is 6.38. The number of ether oxygens (including phenoxy) is 1. The van der Waals surface area contributed by atoms with E-state index in [2.05, 4.69) is 41.5 Å². The number of aldehydes is 2. The van der Waals surface area contributed by atoms with E-state index in [-0.39, 0.29) is 0 Å². The second-order valence-corrected chi connectivity index (χ2v) is 7.25. The molecule has 0 radical (unpaired) electrons. The molecule has 1 rings (SSSR count). The number of hydrogen-bond acceptors (Lipinski definition) is 6. The summed E-state index contributed by atoms with van der Waals surface area (Å²) in [6.07, 6.45) is 7.79. The molecule has 0 saturated carbocycles. The van der Waals surface area contributed by atoms with E-state index in [4.69, 9.17) is 4.74 Å². The fourth-order valence-electron chi connectivity index (χ4n) is 2.83. The lowest BCUT2D eigenvalue weighted by Gasteiger charge is -2.13. The van der Waals surface area contributed by atoms with E-state index in [0.717, 1.165) is 81.4 Å². The largest absolute Gasteiger partial charge is 0.381 e. The van der Waals surface area contributed by atoms with Crippen LogP contribution in [0.15, 0.2) is 30.5 Å². The third-order valence-electron chi connectivity index (χ3n) is 4.60. The Hall–Kier alpha value is -2.46. The molecule has 0 aliphatic carbocycles. The molecule has 0 fully saturated rings. The monoisotopic (exact) mass is 457 g/mol. The zero-order valence-corrected chi connectivity index (χ0v) is 20.8. The molecule has 0 aliphatic heterocycles. The predicted molar refractivity (Wildman–Crippen MR) is 137 cm³/mol. The quantitative estimate of drug-likeness (QED) is 0.130. The highest BCUT2D eigenvalue weighted by Gasteiger charge is 2.06. The number of rotatable bonds is 18. The minimum absolute atomic E-state index is 0.446. The molecule has 6 nitrogen and oxygen atoms in total. The molecule has 6 heteroatoms. The maximum absolute atomic E-state index is 11.4. The van der Waals surface area contributed by atoms with Crippen molar-refractivity contribution in [3.8, 4) is 11.8 Å². The molecule has 0 heterocycles. The van der Waals surface area contributed by atoms with Crippen molar-refractivity contribution < 1.29 is 14.3 Å². The van der Waals surface area contributed by atoms with Crippen LogP contribution < -0.4 is 16.2 Å². The minimum atomic E-state index is 0.446. The Kier molecular flexibility index (Phi) is 21.0. The first kappa shape index (κ1) is 30.5. The van der Waals surface area contributed by atoms with Crippen molar-refractivity contribution in [1.29, 1.82) is 0 Å². The fraction of sp³-hybridized carbons (Fsp3) is 0.556. The van der Waals surface area contributed by atoms with E-state index in [0.29, 0.717) is 24.9 Å². The van der Waals surface area contributed by atoms with Crippen LogP contribution in [0.5, 0.6) is 0 Å². The summed E-state index contributed by atoms with van der Waals surface area (Å²) in [5, 5.41) is 3.37. The molecule has 0 saturated heterocycles. The Morgan fingerprint density at radius 2 is 1.91 bits per heavy atom. The highest BCUT2D eigenvalue weighted by Crippen LogP contribution is 2.12. The Morgan fingerprint density at radius 3 is 2.64 bits per heavy atom. The first-order valence-electron chi connectivity index (χ1n) is 12.2. The molecule has 33 heavy (non-hydrogen) atoms. The van der Waals surface area contributed by atoms with Gasteiger partial charge in [-0.2, -0.15) is 0 Å². The van der Waals surface area contributed by atoms with Crippen LogP contribution in [0.25, 0.3) is 0 Å². The van der Waals surface area contributed by atoms with Gasteiger partial charge in [0.15, 0.2) is 0 Å². The SMILES string of the molecule is C=C(CCCC=O)NNCc1c(C#CCCNCCCOCCCC)cccc1C=O.CC. The lowest BCUT2D eigenvalue weighted by molar-refractivity contribution is -0.107. The molecule has 0 unspecified atom stereocenters. The van der Waals surface area contributed by atoms with E-state index in [9.17, 15) is 9.59 Å². The molecule has 184 valence electrons. The van der Waals surface area contributed by atoms with Crippen molar-refractivity contribution in [2.24, 2.45) is 0 Å². The van der Waals surface area contributed by atoms with Gasteiger partial charge in [0.1, 0.15) is 12.6 Å². The van der Waals surface area contributed by atoms with Crippen molar-refractivity contribution >= 4 is 12.6 Å². The average molecular weight is 458 g/mol. The van der Waals surface area contributed by atoms with Gasteiger partial charge in [-0.1, -0.05) is 57.7 Å². The molecular weight excluding hydrogens is 414 g/mol. The van der Waals surface area contributed by atoms with Gasteiger partial charge in [0, 0.05) is 56.0 Å². The Morgan fingerprint density at radius 1 is 1.12 bits per heavy atom. The van der Waals surface area contributed by atoms with E-state index >= 15 is 0 Å². The minimum Gasteiger partial charge on any atom is -0.381 e. The van der Waals surface area contributed by atoms with Crippen LogP contribution in [-0.4, -0.2) is 38.9 Å².